The van der Waals surface area contributed by atoms with Crippen molar-refractivity contribution in [2.24, 2.45) is 0 Å². The SMILES string of the molecule is COC(=O)C1=C(C)NC2=C(C(=O)CCC2)[C@H]1c1cc(F)ccc1F. The lowest BCUT2D eigenvalue weighted by Crippen LogP contribution is -2.34. The van der Waals surface area contributed by atoms with E-state index in [1.807, 2.05) is 0 Å². The van der Waals surface area contributed by atoms with Gasteiger partial charge in [-0.3, -0.25) is 4.79 Å². The van der Waals surface area contributed by atoms with Crippen molar-refractivity contribution in [3.05, 3.63) is 57.9 Å². The molecule has 2 aliphatic rings. The highest BCUT2D eigenvalue weighted by molar-refractivity contribution is 6.03. The second-order valence-electron chi connectivity index (χ2n) is 5.92. The fraction of sp³-hybridized carbons (Fsp3) is 0.333. The molecule has 0 aromatic heterocycles. The molecule has 1 atom stereocenters. The first kappa shape index (κ1) is 16.4. The van der Waals surface area contributed by atoms with Gasteiger partial charge in [-0.1, -0.05) is 0 Å². The third kappa shape index (κ3) is 2.62. The number of carbonyl (C=O) groups excluding carboxylic acids is 2. The standard InChI is InChI=1S/C18H17F2NO3/c1-9-15(18(23)24-2)16(11-8-10(19)6-7-12(11)20)17-13(21-9)4-3-5-14(17)22/h6-8,16,21H,3-5H2,1-2H3/t16-/m0/s1. The number of methoxy groups -OCH3 is 1. The summed E-state index contributed by atoms with van der Waals surface area (Å²) in [7, 11) is 1.22. The summed E-state index contributed by atoms with van der Waals surface area (Å²) in [6.45, 7) is 1.67. The molecule has 1 aromatic rings. The van der Waals surface area contributed by atoms with E-state index in [1.165, 1.54) is 7.11 Å². The number of nitrogens with one attached hydrogen (secondary N) is 1. The quantitative estimate of drug-likeness (QED) is 0.845. The van der Waals surface area contributed by atoms with Crippen LogP contribution in [0.3, 0.4) is 0 Å². The van der Waals surface area contributed by atoms with E-state index in [1.54, 1.807) is 6.92 Å². The van der Waals surface area contributed by atoms with Crippen LogP contribution in [0.2, 0.25) is 0 Å². The van der Waals surface area contributed by atoms with Crippen LogP contribution in [0.15, 0.2) is 40.7 Å². The highest BCUT2D eigenvalue weighted by Gasteiger charge is 2.40. The Bertz CT molecular complexity index is 795. The molecule has 0 spiro atoms. The minimum atomic E-state index is -0.961. The van der Waals surface area contributed by atoms with Crippen molar-refractivity contribution < 1.29 is 23.1 Å². The molecule has 1 heterocycles. The maximum Gasteiger partial charge on any atom is 0.336 e. The van der Waals surface area contributed by atoms with E-state index in [9.17, 15) is 18.4 Å². The van der Waals surface area contributed by atoms with E-state index in [2.05, 4.69) is 5.32 Å². The van der Waals surface area contributed by atoms with Crippen LogP contribution in [0, 0.1) is 11.6 Å². The molecule has 3 rings (SSSR count). The summed E-state index contributed by atoms with van der Waals surface area (Å²) >= 11 is 0. The summed E-state index contributed by atoms with van der Waals surface area (Å²) in [5, 5.41) is 3.07. The van der Waals surface area contributed by atoms with Gasteiger partial charge in [0.05, 0.1) is 18.6 Å². The number of rotatable bonds is 2. The van der Waals surface area contributed by atoms with Crippen molar-refractivity contribution in [3.63, 3.8) is 0 Å². The lowest BCUT2D eigenvalue weighted by molar-refractivity contribution is -0.136. The molecule has 0 bridgehead atoms. The first-order valence-corrected chi connectivity index (χ1v) is 7.71. The minimum absolute atomic E-state index is 0.0287. The molecule has 126 valence electrons. The van der Waals surface area contributed by atoms with Crippen molar-refractivity contribution in [3.8, 4) is 0 Å². The van der Waals surface area contributed by atoms with Gasteiger partial charge in [0.2, 0.25) is 0 Å². The van der Waals surface area contributed by atoms with Gasteiger partial charge in [0.25, 0.3) is 0 Å². The molecule has 4 nitrogen and oxygen atoms in total. The Kier molecular flexibility index (Phi) is 4.22. The molecule has 24 heavy (non-hydrogen) atoms. The van der Waals surface area contributed by atoms with E-state index in [0.29, 0.717) is 36.2 Å². The zero-order valence-corrected chi connectivity index (χ0v) is 13.4. The zero-order chi connectivity index (χ0) is 17.4. The molecule has 1 aromatic carbocycles. The Hall–Kier alpha value is -2.50. The molecule has 6 heteroatoms. The predicted molar refractivity (Wildman–Crippen MR) is 82.8 cm³/mol. The number of allylic oxidation sites excluding steroid dienone is 3. The molecular formula is C18H17F2NO3. The number of esters is 1. The topological polar surface area (TPSA) is 55.4 Å². The first-order chi connectivity index (χ1) is 11.4. The third-order valence-corrected chi connectivity index (χ3v) is 4.45. The van der Waals surface area contributed by atoms with Gasteiger partial charge >= 0.3 is 5.97 Å². The zero-order valence-electron chi connectivity index (χ0n) is 13.4. The molecule has 0 saturated carbocycles. The minimum Gasteiger partial charge on any atom is -0.466 e. The second kappa shape index (κ2) is 6.19. The average Bonchev–Trinajstić information content (AvgIpc) is 2.55. The van der Waals surface area contributed by atoms with E-state index < -0.39 is 23.5 Å². The van der Waals surface area contributed by atoms with Gasteiger partial charge in [0, 0.05) is 29.0 Å². The number of benzene rings is 1. The summed E-state index contributed by atoms with van der Waals surface area (Å²) in [5.41, 5.74) is 1.60. The van der Waals surface area contributed by atoms with Crippen LogP contribution in [-0.4, -0.2) is 18.9 Å². The molecule has 0 amide bonds. The Balaban J connectivity index is 2.26. The van der Waals surface area contributed by atoms with Crippen molar-refractivity contribution in [2.75, 3.05) is 7.11 Å². The van der Waals surface area contributed by atoms with Gasteiger partial charge in [0.1, 0.15) is 11.6 Å². The second-order valence-corrected chi connectivity index (χ2v) is 5.92. The molecule has 1 aliphatic heterocycles. The third-order valence-electron chi connectivity index (χ3n) is 4.45. The predicted octanol–water partition coefficient (Wildman–Crippen LogP) is 3.11. The highest BCUT2D eigenvalue weighted by Crippen LogP contribution is 2.43. The largest absolute Gasteiger partial charge is 0.466 e. The summed E-state index contributed by atoms with van der Waals surface area (Å²) in [6.07, 6.45) is 1.63. The number of hydrogen-bond donors (Lipinski definition) is 1. The molecule has 1 N–H and O–H groups in total. The smallest absolute Gasteiger partial charge is 0.336 e. The van der Waals surface area contributed by atoms with Gasteiger partial charge in [0.15, 0.2) is 5.78 Å². The Morgan fingerprint density at radius 3 is 2.75 bits per heavy atom. The maximum absolute atomic E-state index is 14.4. The normalized spacial score (nSPS) is 20.7. The highest BCUT2D eigenvalue weighted by atomic mass is 19.1. The van der Waals surface area contributed by atoms with Gasteiger partial charge in [-0.15, -0.1) is 0 Å². The molecule has 1 aliphatic carbocycles. The number of ether oxygens (including phenoxy) is 1. The van der Waals surface area contributed by atoms with Crippen LogP contribution in [0.4, 0.5) is 8.78 Å². The fourth-order valence-corrected chi connectivity index (χ4v) is 3.41. The number of ketones is 1. The summed E-state index contributed by atoms with van der Waals surface area (Å²) in [5.74, 6) is -3.08. The van der Waals surface area contributed by atoms with Crippen molar-refractivity contribution in [2.45, 2.75) is 32.1 Å². The van der Waals surface area contributed by atoms with Crippen LogP contribution in [-0.2, 0) is 14.3 Å². The van der Waals surface area contributed by atoms with E-state index in [0.717, 1.165) is 18.2 Å². The molecular weight excluding hydrogens is 316 g/mol. The van der Waals surface area contributed by atoms with Crippen molar-refractivity contribution in [1.82, 2.24) is 5.32 Å². The van der Waals surface area contributed by atoms with Crippen LogP contribution in [0.1, 0.15) is 37.7 Å². The molecule has 0 radical (unpaired) electrons. The van der Waals surface area contributed by atoms with E-state index in [-0.39, 0.29) is 16.9 Å². The fourth-order valence-electron chi connectivity index (χ4n) is 3.41. The van der Waals surface area contributed by atoms with Crippen LogP contribution in [0.25, 0.3) is 0 Å². The Morgan fingerprint density at radius 1 is 1.29 bits per heavy atom. The van der Waals surface area contributed by atoms with E-state index in [4.69, 9.17) is 4.74 Å². The number of hydrogen-bond acceptors (Lipinski definition) is 4. The van der Waals surface area contributed by atoms with Crippen molar-refractivity contribution >= 4 is 11.8 Å². The van der Waals surface area contributed by atoms with Gasteiger partial charge < -0.3 is 10.1 Å². The lowest BCUT2D eigenvalue weighted by atomic mass is 9.75. The molecule has 0 unspecified atom stereocenters. The maximum atomic E-state index is 14.4. The van der Waals surface area contributed by atoms with Crippen LogP contribution in [0.5, 0.6) is 0 Å². The number of carbonyl (C=O) groups is 2. The van der Waals surface area contributed by atoms with E-state index >= 15 is 0 Å². The van der Waals surface area contributed by atoms with Gasteiger partial charge in [-0.25, -0.2) is 13.6 Å². The molecule has 0 saturated heterocycles. The number of dihydropyridines is 1. The number of Topliss-reactive ketones (excluding diaryl/α,β-unsaturated/α-hetero) is 1. The van der Waals surface area contributed by atoms with Crippen LogP contribution >= 0.6 is 0 Å². The summed E-state index contributed by atoms with van der Waals surface area (Å²) in [6, 6.07) is 3.05. The van der Waals surface area contributed by atoms with Crippen molar-refractivity contribution in [1.29, 1.82) is 0 Å². The number of halogens is 2. The Labute approximate surface area is 138 Å². The Morgan fingerprint density at radius 2 is 2.04 bits per heavy atom. The summed E-state index contributed by atoms with van der Waals surface area (Å²) in [4.78, 5) is 24.8. The van der Waals surface area contributed by atoms with Crippen LogP contribution < -0.4 is 5.32 Å². The first-order valence-electron chi connectivity index (χ1n) is 7.71. The van der Waals surface area contributed by atoms with Gasteiger partial charge in [-0.05, 0) is 38.0 Å². The summed E-state index contributed by atoms with van der Waals surface area (Å²) < 4.78 is 32.9. The molecule has 0 fully saturated rings. The van der Waals surface area contributed by atoms with Gasteiger partial charge in [-0.2, -0.15) is 0 Å². The monoisotopic (exact) mass is 333 g/mol. The lowest BCUT2D eigenvalue weighted by Gasteiger charge is -2.34. The average molecular weight is 333 g/mol.